The highest BCUT2D eigenvalue weighted by Crippen LogP contribution is 2.38. The first-order valence-corrected chi connectivity index (χ1v) is 8.95. The molecule has 1 amide bonds. The van der Waals surface area contributed by atoms with Gasteiger partial charge in [-0.3, -0.25) is 10.1 Å². The Bertz CT molecular complexity index is 784. The van der Waals surface area contributed by atoms with E-state index in [-0.39, 0.29) is 11.8 Å². The summed E-state index contributed by atoms with van der Waals surface area (Å²) in [6.45, 7) is 3.16. The average molecular weight is 370 g/mol. The lowest BCUT2D eigenvalue weighted by Gasteiger charge is -2.41. The van der Waals surface area contributed by atoms with E-state index in [1.807, 2.05) is 30.3 Å². The second-order valence-electron chi connectivity index (χ2n) is 6.40. The normalized spacial score (nSPS) is 15.8. The Labute approximate surface area is 157 Å². The van der Waals surface area contributed by atoms with Crippen molar-refractivity contribution in [3.63, 3.8) is 0 Å². The van der Waals surface area contributed by atoms with Gasteiger partial charge in [0.25, 0.3) is 5.69 Å². The van der Waals surface area contributed by atoms with Crippen LogP contribution in [0.15, 0.2) is 54.6 Å². The molecule has 0 N–H and O–H groups in total. The maximum Gasteiger partial charge on any atom is 0.409 e. The summed E-state index contributed by atoms with van der Waals surface area (Å²) >= 11 is 0. The molecule has 0 saturated carbocycles. The summed E-state index contributed by atoms with van der Waals surface area (Å²) in [4.78, 5) is 24.1. The zero-order valence-electron chi connectivity index (χ0n) is 15.2. The molecule has 0 bridgehead atoms. The van der Waals surface area contributed by atoms with Crippen molar-refractivity contribution in [2.24, 2.45) is 0 Å². The van der Waals surface area contributed by atoms with Crippen LogP contribution in [0.2, 0.25) is 0 Å². The van der Waals surface area contributed by atoms with E-state index in [1.54, 1.807) is 24.0 Å². The van der Waals surface area contributed by atoms with Crippen LogP contribution < -0.4 is 4.74 Å². The number of hydrogen-bond donors (Lipinski definition) is 0. The lowest BCUT2D eigenvalue weighted by molar-refractivity contribution is -0.384. The summed E-state index contributed by atoms with van der Waals surface area (Å²) < 4.78 is 11.4. The van der Waals surface area contributed by atoms with E-state index < -0.39 is 10.5 Å². The molecule has 0 aliphatic carbocycles. The molecule has 7 nitrogen and oxygen atoms in total. The van der Waals surface area contributed by atoms with Crippen molar-refractivity contribution >= 4 is 11.8 Å². The van der Waals surface area contributed by atoms with Crippen LogP contribution in [-0.2, 0) is 10.3 Å². The molecule has 0 aromatic heterocycles. The van der Waals surface area contributed by atoms with Gasteiger partial charge in [0.1, 0.15) is 11.4 Å². The fourth-order valence-corrected chi connectivity index (χ4v) is 3.32. The molecular formula is C20H22N2O5. The van der Waals surface area contributed by atoms with Crippen molar-refractivity contribution in [1.29, 1.82) is 0 Å². The molecule has 1 fully saturated rings. The summed E-state index contributed by atoms with van der Waals surface area (Å²) in [7, 11) is 0. The minimum absolute atomic E-state index is 0.0215. The van der Waals surface area contributed by atoms with Gasteiger partial charge in [0.2, 0.25) is 0 Å². The standard InChI is InChI=1S/C20H22N2O5/c1-2-26-19(23)21-14-12-20(13-15-21,16-6-4-3-5-7-16)27-18-10-8-17(9-11-18)22(24)25/h3-11H,2,12-15H2,1H3. The van der Waals surface area contributed by atoms with Gasteiger partial charge in [-0.25, -0.2) is 4.79 Å². The fourth-order valence-electron chi connectivity index (χ4n) is 3.32. The summed E-state index contributed by atoms with van der Waals surface area (Å²) in [5.41, 5.74) is 0.445. The van der Waals surface area contributed by atoms with Gasteiger partial charge >= 0.3 is 6.09 Å². The maximum absolute atomic E-state index is 12.0. The molecule has 2 aromatic carbocycles. The monoisotopic (exact) mass is 370 g/mol. The molecule has 142 valence electrons. The number of benzene rings is 2. The molecule has 1 aliphatic heterocycles. The van der Waals surface area contributed by atoms with Crippen LogP contribution in [0.4, 0.5) is 10.5 Å². The molecule has 0 unspecified atom stereocenters. The number of piperidine rings is 1. The minimum Gasteiger partial charge on any atom is -0.482 e. The molecular weight excluding hydrogens is 348 g/mol. The molecule has 27 heavy (non-hydrogen) atoms. The van der Waals surface area contributed by atoms with Crippen LogP contribution in [0.5, 0.6) is 5.75 Å². The van der Waals surface area contributed by atoms with Crippen molar-refractivity contribution < 1.29 is 19.2 Å². The molecule has 1 saturated heterocycles. The van der Waals surface area contributed by atoms with Crippen LogP contribution in [0.1, 0.15) is 25.3 Å². The fraction of sp³-hybridized carbons (Fsp3) is 0.350. The molecule has 1 heterocycles. The van der Waals surface area contributed by atoms with Crippen molar-refractivity contribution in [3.05, 3.63) is 70.3 Å². The number of carbonyl (C=O) groups is 1. The van der Waals surface area contributed by atoms with Gasteiger partial charge < -0.3 is 14.4 Å². The smallest absolute Gasteiger partial charge is 0.409 e. The van der Waals surface area contributed by atoms with Gasteiger partial charge in [-0.2, -0.15) is 0 Å². The van der Waals surface area contributed by atoms with Crippen LogP contribution in [0.3, 0.4) is 0 Å². The van der Waals surface area contributed by atoms with E-state index in [1.165, 1.54) is 12.1 Å². The van der Waals surface area contributed by atoms with Gasteiger partial charge in [-0.1, -0.05) is 30.3 Å². The summed E-state index contributed by atoms with van der Waals surface area (Å²) in [6, 6.07) is 15.9. The van der Waals surface area contributed by atoms with Crippen molar-refractivity contribution in [2.45, 2.75) is 25.4 Å². The second kappa shape index (κ2) is 8.07. The minimum atomic E-state index is -0.597. The number of rotatable bonds is 5. The molecule has 0 radical (unpaired) electrons. The predicted octanol–water partition coefficient (Wildman–Crippen LogP) is 4.12. The Morgan fingerprint density at radius 2 is 1.74 bits per heavy atom. The second-order valence-corrected chi connectivity index (χ2v) is 6.40. The van der Waals surface area contributed by atoms with Gasteiger partial charge in [0.15, 0.2) is 0 Å². The number of carbonyl (C=O) groups excluding carboxylic acids is 1. The lowest BCUT2D eigenvalue weighted by Crippen LogP contribution is -2.48. The molecule has 1 aliphatic rings. The molecule has 0 atom stereocenters. The first kappa shape index (κ1) is 18.7. The summed E-state index contributed by atoms with van der Waals surface area (Å²) in [5, 5.41) is 10.9. The third-order valence-electron chi connectivity index (χ3n) is 4.76. The number of hydrogen-bond acceptors (Lipinski definition) is 5. The van der Waals surface area contributed by atoms with Crippen LogP contribution >= 0.6 is 0 Å². The maximum atomic E-state index is 12.0. The Morgan fingerprint density at radius 3 is 2.30 bits per heavy atom. The van der Waals surface area contributed by atoms with Gasteiger partial charge in [0.05, 0.1) is 11.5 Å². The molecule has 7 heteroatoms. The zero-order valence-corrected chi connectivity index (χ0v) is 15.2. The third kappa shape index (κ3) is 4.19. The van der Waals surface area contributed by atoms with Crippen molar-refractivity contribution in [1.82, 2.24) is 4.90 Å². The Kier molecular flexibility index (Phi) is 5.59. The number of nitro groups is 1. The summed E-state index contributed by atoms with van der Waals surface area (Å²) in [5.74, 6) is 0.564. The molecule has 3 rings (SSSR count). The highest BCUT2D eigenvalue weighted by atomic mass is 16.6. The highest BCUT2D eigenvalue weighted by molar-refractivity contribution is 5.67. The van der Waals surface area contributed by atoms with E-state index in [9.17, 15) is 14.9 Å². The van der Waals surface area contributed by atoms with E-state index in [2.05, 4.69) is 0 Å². The Morgan fingerprint density at radius 1 is 1.11 bits per heavy atom. The van der Waals surface area contributed by atoms with Crippen LogP contribution in [0, 0.1) is 10.1 Å². The number of likely N-dealkylation sites (tertiary alicyclic amines) is 1. The van der Waals surface area contributed by atoms with E-state index in [0.717, 1.165) is 5.56 Å². The van der Waals surface area contributed by atoms with Gasteiger partial charge in [-0.05, 0) is 24.6 Å². The van der Waals surface area contributed by atoms with Crippen molar-refractivity contribution in [2.75, 3.05) is 19.7 Å². The Balaban J connectivity index is 1.82. The number of nitro benzene ring substituents is 1. The highest BCUT2D eigenvalue weighted by Gasteiger charge is 2.40. The predicted molar refractivity (Wildman–Crippen MR) is 99.7 cm³/mol. The first-order chi connectivity index (χ1) is 13.0. The average Bonchev–Trinajstić information content (AvgIpc) is 2.70. The SMILES string of the molecule is CCOC(=O)N1CCC(Oc2ccc([N+](=O)[O-])cc2)(c2ccccc2)CC1. The van der Waals surface area contributed by atoms with Gasteiger partial charge in [0, 0.05) is 38.1 Å². The zero-order chi connectivity index (χ0) is 19.3. The van der Waals surface area contributed by atoms with Crippen LogP contribution in [0.25, 0.3) is 0 Å². The molecule has 2 aromatic rings. The first-order valence-electron chi connectivity index (χ1n) is 8.95. The number of nitrogens with zero attached hydrogens (tertiary/aromatic N) is 2. The van der Waals surface area contributed by atoms with E-state index >= 15 is 0 Å². The number of ether oxygens (including phenoxy) is 2. The Hall–Kier alpha value is -3.09. The summed E-state index contributed by atoms with van der Waals surface area (Å²) in [6.07, 6.45) is 0.897. The molecule has 0 spiro atoms. The number of amides is 1. The third-order valence-corrected chi connectivity index (χ3v) is 4.76. The lowest BCUT2D eigenvalue weighted by atomic mass is 9.84. The van der Waals surface area contributed by atoms with Crippen LogP contribution in [-0.4, -0.2) is 35.6 Å². The van der Waals surface area contributed by atoms with E-state index in [4.69, 9.17) is 9.47 Å². The van der Waals surface area contributed by atoms with Gasteiger partial charge in [-0.15, -0.1) is 0 Å². The van der Waals surface area contributed by atoms with Crippen molar-refractivity contribution in [3.8, 4) is 5.75 Å². The number of non-ortho nitro benzene ring substituents is 1. The van der Waals surface area contributed by atoms with E-state index in [0.29, 0.717) is 38.3 Å². The largest absolute Gasteiger partial charge is 0.482 e. The topological polar surface area (TPSA) is 81.9 Å². The quantitative estimate of drug-likeness (QED) is 0.584.